The van der Waals surface area contributed by atoms with E-state index < -0.39 is 0 Å². The Labute approximate surface area is 88.4 Å². The van der Waals surface area contributed by atoms with Crippen LogP contribution < -0.4 is 5.32 Å². The molecule has 0 bridgehead atoms. The summed E-state index contributed by atoms with van der Waals surface area (Å²) in [5, 5.41) is 3.28. The molecule has 0 heterocycles. The van der Waals surface area contributed by atoms with Gasteiger partial charge in [0.05, 0.1) is 6.61 Å². The minimum atomic E-state index is 0.0829. The number of rotatable bonds is 5. The van der Waals surface area contributed by atoms with Crippen molar-refractivity contribution in [3.8, 4) is 11.8 Å². The molecule has 82 valence electrons. The van der Waals surface area contributed by atoms with Crippen molar-refractivity contribution >= 4 is 0 Å². The van der Waals surface area contributed by atoms with Gasteiger partial charge in [0.1, 0.15) is 6.61 Å². The molecule has 0 spiro atoms. The molecule has 0 aromatic heterocycles. The van der Waals surface area contributed by atoms with Crippen LogP contribution in [0.4, 0.5) is 0 Å². The molecule has 0 aromatic carbocycles. The molecule has 0 aliphatic rings. The fourth-order valence-corrected chi connectivity index (χ4v) is 0.844. The van der Waals surface area contributed by atoms with Gasteiger partial charge in [-0.2, -0.15) is 0 Å². The molecule has 0 aliphatic heterocycles. The van der Waals surface area contributed by atoms with Gasteiger partial charge in [0, 0.05) is 18.0 Å². The summed E-state index contributed by atoms with van der Waals surface area (Å²) in [5.74, 6) is 6.14. The summed E-state index contributed by atoms with van der Waals surface area (Å²) in [6.45, 7) is 12.7. The number of hydrogen-bond acceptors (Lipinski definition) is 2. The van der Waals surface area contributed by atoms with Gasteiger partial charge in [0.15, 0.2) is 0 Å². The van der Waals surface area contributed by atoms with Crippen molar-refractivity contribution in [1.82, 2.24) is 5.32 Å². The maximum absolute atomic E-state index is 5.34. The Morgan fingerprint density at radius 1 is 1.29 bits per heavy atom. The lowest BCUT2D eigenvalue weighted by atomic mass is 9.98. The second-order valence-electron chi connectivity index (χ2n) is 4.71. The van der Waals surface area contributed by atoms with Gasteiger partial charge in [-0.3, -0.25) is 0 Å². The molecular formula is C12H23NO. The maximum Gasteiger partial charge on any atom is 0.107 e. The van der Waals surface area contributed by atoms with Gasteiger partial charge in [-0.05, 0) is 20.8 Å². The van der Waals surface area contributed by atoms with E-state index in [4.69, 9.17) is 4.74 Å². The lowest BCUT2D eigenvalue weighted by Crippen LogP contribution is -2.26. The average Bonchev–Trinajstić information content (AvgIpc) is 2.00. The van der Waals surface area contributed by atoms with Crippen molar-refractivity contribution in [3.05, 3.63) is 0 Å². The molecule has 0 amide bonds. The highest BCUT2D eigenvalue weighted by atomic mass is 16.5. The van der Waals surface area contributed by atoms with E-state index in [1.165, 1.54) is 0 Å². The summed E-state index contributed by atoms with van der Waals surface area (Å²) in [4.78, 5) is 0. The molecule has 1 N–H and O–H groups in total. The summed E-state index contributed by atoms with van der Waals surface area (Å²) in [6.07, 6.45) is 0. The first-order valence-corrected chi connectivity index (χ1v) is 5.23. The molecule has 14 heavy (non-hydrogen) atoms. The number of nitrogens with one attached hydrogen (secondary N) is 1. The highest BCUT2D eigenvalue weighted by molar-refractivity contribution is 5.07. The molecule has 2 nitrogen and oxygen atoms in total. The molecule has 0 saturated carbocycles. The van der Waals surface area contributed by atoms with Gasteiger partial charge in [-0.15, -0.1) is 0 Å². The van der Waals surface area contributed by atoms with Crippen LogP contribution in [0.15, 0.2) is 0 Å². The van der Waals surface area contributed by atoms with E-state index in [1.54, 1.807) is 0 Å². The third kappa shape index (κ3) is 11.5. The Balaban J connectivity index is 3.33. The standard InChI is InChI=1S/C12H23NO/c1-11(2)13-8-10-14-9-6-7-12(3,4)5/h11,13H,8-10H2,1-5H3. The molecule has 0 radical (unpaired) electrons. The monoisotopic (exact) mass is 197 g/mol. The van der Waals surface area contributed by atoms with Crippen molar-refractivity contribution < 1.29 is 4.74 Å². The van der Waals surface area contributed by atoms with Gasteiger partial charge in [0.25, 0.3) is 0 Å². The molecule has 2 heteroatoms. The molecule has 0 atom stereocenters. The summed E-state index contributed by atoms with van der Waals surface area (Å²) in [7, 11) is 0. The summed E-state index contributed by atoms with van der Waals surface area (Å²) in [5.41, 5.74) is 0.0829. The molecule has 0 aromatic rings. The largest absolute Gasteiger partial charge is 0.367 e. The average molecular weight is 197 g/mol. The van der Waals surface area contributed by atoms with Gasteiger partial charge in [-0.25, -0.2) is 0 Å². The van der Waals surface area contributed by atoms with E-state index in [1.807, 2.05) is 0 Å². The molecule has 0 fully saturated rings. The van der Waals surface area contributed by atoms with Crippen LogP contribution in [-0.2, 0) is 4.74 Å². The van der Waals surface area contributed by atoms with E-state index in [-0.39, 0.29) is 5.41 Å². The van der Waals surface area contributed by atoms with Crippen molar-refractivity contribution in [1.29, 1.82) is 0 Å². The minimum Gasteiger partial charge on any atom is -0.367 e. The predicted molar refractivity (Wildman–Crippen MR) is 61.2 cm³/mol. The summed E-state index contributed by atoms with van der Waals surface area (Å²) in [6, 6.07) is 0.527. The van der Waals surface area contributed by atoms with Gasteiger partial charge in [-0.1, -0.05) is 25.7 Å². The van der Waals surface area contributed by atoms with Crippen LogP contribution in [0.25, 0.3) is 0 Å². The SMILES string of the molecule is CC(C)NCCOCC#CC(C)(C)C. The maximum atomic E-state index is 5.34. The van der Waals surface area contributed by atoms with Crippen LogP contribution in [0, 0.1) is 17.3 Å². The number of ether oxygens (including phenoxy) is 1. The van der Waals surface area contributed by atoms with Crippen LogP contribution >= 0.6 is 0 Å². The molecule has 0 unspecified atom stereocenters. The fraction of sp³-hybridized carbons (Fsp3) is 0.833. The van der Waals surface area contributed by atoms with Crippen molar-refractivity contribution in [2.45, 2.75) is 40.7 Å². The Kier molecular flexibility index (Phi) is 6.61. The third-order valence-corrected chi connectivity index (χ3v) is 1.44. The quantitative estimate of drug-likeness (QED) is 0.538. The van der Waals surface area contributed by atoms with E-state index >= 15 is 0 Å². The second kappa shape index (κ2) is 6.86. The first-order chi connectivity index (χ1) is 6.42. The molecule has 0 saturated heterocycles. The predicted octanol–water partition coefficient (Wildman–Crippen LogP) is 2.05. The first kappa shape index (κ1) is 13.5. The lowest BCUT2D eigenvalue weighted by molar-refractivity contribution is 0.166. The molecular weight excluding hydrogens is 174 g/mol. The van der Waals surface area contributed by atoms with Crippen molar-refractivity contribution in [2.75, 3.05) is 19.8 Å². The van der Waals surface area contributed by atoms with Crippen molar-refractivity contribution in [2.24, 2.45) is 5.41 Å². The first-order valence-electron chi connectivity index (χ1n) is 5.23. The Hall–Kier alpha value is -0.520. The molecule has 0 aliphatic carbocycles. The van der Waals surface area contributed by atoms with E-state index in [9.17, 15) is 0 Å². The Morgan fingerprint density at radius 2 is 1.93 bits per heavy atom. The zero-order valence-corrected chi connectivity index (χ0v) is 10.1. The topological polar surface area (TPSA) is 21.3 Å². The lowest BCUT2D eigenvalue weighted by Gasteiger charge is -2.08. The summed E-state index contributed by atoms with van der Waals surface area (Å²) < 4.78 is 5.34. The van der Waals surface area contributed by atoms with Gasteiger partial charge in [0.2, 0.25) is 0 Å². The highest BCUT2D eigenvalue weighted by Crippen LogP contribution is 2.09. The Morgan fingerprint density at radius 3 is 2.43 bits per heavy atom. The van der Waals surface area contributed by atoms with E-state index in [0.29, 0.717) is 12.6 Å². The Bertz CT molecular complexity index is 193. The second-order valence-corrected chi connectivity index (χ2v) is 4.71. The summed E-state index contributed by atoms with van der Waals surface area (Å²) >= 11 is 0. The van der Waals surface area contributed by atoms with Gasteiger partial charge >= 0.3 is 0 Å². The van der Waals surface area contributed by atoms with Crippen molar-refractivity contribution in [3.63, 3.8) is 0 Å². The van der Waals surface area contributed by atoms with Crippen LogP contribution in [-0.4, -0.2) is 25.8 Å². The van der Waals surface area contributed by atoms with Crippen LogP contribution in [0.2, 0.25) is 0 Å². The highest BCUT2D eigenvalue weighted by Gasteiger charge is 2.02. The number of hydrogen-bond donors (Lipinski definition) is 1. The fourth-order valence-electron chi connectivity index (χ4n) is 0.844. The van der Waals surface area contributed by atoms with Gasteiger partial charge < -0.3 is 10.1 Å². The zero-order chi connectivity index (χ0) is 11.0. The third-order valence-electron chi connectivity index (χ3n) is 1.44. The normalized spacial score (nSPS) is 11.3. The van der Waals surface area contributed by atoms with E-state index in [2.05, 4.69) is 51.8 Å². The zero-order valence-electron chi connectivity index (χ0n) is 10.1. The van der Waals surface area contributed by atoms with E-state index in [0.717, 1.165) is 13.2 Å². The molecule has 0 rings (SSSR count). The minimum absolute atomic E-state index is 0.0829. The van der Waals surface area contributed by atoms with Crippen LogP contribution in [0.5, 0.6) is 0 Å². The smallest absolute Gasteiger partial charge is 0.107 e. The van der Waals surface area contributed by atoms with Crippen LogP contribution in [0.3, 0.4) is 0 Å². The van der Waals surface area contributed by atoms with Crippen LogP contribution in [0.1, 0.15) is 34.6 Å².